The van der Waals surface area contributed by atoms with Gasteiger partial charge in [0.05, 0.1) is 12.6 Å². The van der Waals surface area contributed by atoms with E-state index in [4.69, 9.17) is 16.3 Å². The minimum absolute atomic E-state index is 0.0663. The Hall–Kier alpha value is -1.10. The van der Waals surface area contributed by atoms with Crippen LogP contribution in [-0.4, -0.2) is 31.7 Å². The van der Waals surface area contributed by atoms with Gasteiger partial charge in [-0.25, -0.2) is 0 Å². The molecular formula is C14H19ClN2O2. The van der Waals surface area contributed by atoms with Crippen molar-refractivity contribution < 1.29 is 9.53 Å². The Bertz CT molecular complexity index is 445. The molecule has 1 atom stereocenters. The van der Waals surface area contributed by atoms with Crippen molar-refractivity contribution in [2.45, 2.75) is 25.9 Å². The zero-order chi connectivity index (χ0) is 13.7. The zero-order valence-corrected chi connectivity index (χ0v) is 11.8. The largest absolute Gasteiger partial charge is 0.377 e. The number of ether oxygens (including phenoxy) is 1. The summed E-state index contributed by atoms with van der Waals surface area (Å²) in [6.45, 7) is 3.78. The highest BCUT2D eigenvalue weighted by Crippen LogP contribution is 2.19. The Morgan fingerprint density at radius 2 is 2.37 bits per heavy atom. The molecule has 1 saturated heterocycles. The van der Waals surface area contributed by atoms with Gasteiger partial charge in [0.2, 0.25) is 5.91 Å². The predicted molar refractivity (Wildman–Crippen MR) is 76.7 cm³/mol. The second-order valence-electron chi connectivity index (χ2n) is 4.77. The molecule has 0 spiro atoms. The maximum Gasteiger partial charge on any atom is 0.238 e. The second-order valence-corrected chi connectivity index (χ2v) is 5.21. The van der Waals surface area contributed by atoms with Gasteiger partial charge < -0.3 is 15.4 Å². The highest BCUT2D eigenvalue weighted by molar-refractivity contribution is 6.31. The number of anilines is 1. The molecule has 1 fully saturated rings. The number of rotatable bonds is 5. The molecule has 2 N–H and O–H groups in total. The molecule has 0 saturated carbocycles. The molecule has 1 aliphatic heterocycles. The fourth-order valence-corrected chi connectivity index (χ4v) is 2.25. The molecule has 5 heteroatoms. The molecule has 104 valence electrons. The SMILES string of the molecule is Cc1ccc(Cl)cc1NC(=O)CNC[C@H]1CCCO1. The van der Waals surface area contributed by atoms with Crippen molar-refractivity contribution in [2.24, 2.45) is 0 Å². The first-order valence-electron chi connectivity index (χ1n) is 6.53. The van der Waals surface area contributed by atoms with Crippen LogP contribution in [0.3, 0.4) is 0 Å². The average Bonchev–Trinajstić information content (AvgIpc) is 2.87. The summed E-state index contributed by atoms with van der Waals surface area (Å²) in [6.07, 6.45) is 2.43. The van der Waals surface area contributed by atoms with Crippen LogP contribution < -0.4 is 10.6 Å². The molecule has 1 heterocycles. The third-order valence-electron chi connectivity index (χ3n) is 3.16. The Morgan fingerprint density at radius 1 is 1.53 bits per heavy atom. The van der Waals surface area contributed by atoms with Crippen molar-refractivity contribution >= 4 is 23.2 Å². The maximum absolute atomic E-state index is 11.8. The smallest absolute Gasteiger partial charge is 0.238 e. The summed E-state index contributed by atoms with van der Waals surface area (Å²) in [6, 6.07) is 5.45. The van der Waals surface area contributed by atoms with Gasteiger partial charge in [0.15, 0.2) is 0 Å². The summed E-state index contributed by atoms with van der Waals surface area (Å²) in [4.78, 5) is 11.8. The van der Waals surface area contributed by atoms with E-state index in [1.807, 2.05) is 19.1 Å². The molecule has 19 heavy (non-hydrogen) atoms. The van der Waals surface area contributed by atoms with Crippen LogP contribution in [-0.2, 0) is 9.53 Å². The molecule has 0 bridgehead atoms. The quantitative estimate of drug-likeness (QED) is 0.872. The van der Waals surface area contributed by atoms with Crippen LogP contribution in [0, 0.1) is 6.92 Å². The van der Waals surface area contributed by atoms with Crippen LogP contribution in [0.25, 0.3) is 0 Å². The number of aryl methyl sites for hydroxylation is 1. The summed E-state index contributed by atoms with van der Waals surface area (Å²) >= 11 is 5.91. The summed E-state index contributed by atoms with van der Waals surface area (Å²) in [7, 11) is 0. The predicted octanol–water partition coefficient (Wildman–Crippen LogP) is 2.36. The highest BCUT2D eigenvalue weighted by Gasteiger charge is 2.15. The first kappa shape index (κ1) is 14.3. The van der Waals surface area contributed by atoms with E-state index in [-0.39, 0.29) is 18.6 Å². The molecule has 1 aliphatic rings. The van der Waals surface area contributed by atoms with E-state index in [1.54, 1.807) is 6.07 Å². The maximum atomic E-state index is 11.8. The number of hydrogen-bond donors (Lipinski definition) is 2. The van der Waals surface area contributed by atoms with Crippen LogP contribution in [0.1, 0.15) is 18.4 Å². The van der Waals surface area contributed by atoms with Crippen LogP contribution >= 0.6 is 11.6 Å². The van der Waals surface area contributed by atoms with Crippen molar-refractivity contribution in [3.05, 3.63) is 28.8 Å². The minimum Gasteiger partial charge on any atom is -0.377 e. The molecule has 4 nitrogen and oxygen atoms in total. The van der Waals surface area contributed by atoms with Gasteiger partial charge in [0.25, 0.3) is 0 Å². The summed E-state index contributed by atoms with van der Waals surface area (Å²) in [5, 5.41) is 6.58. The van der Waals surface area contributed by atoms with E-state index in [1.165, 1.54) is 0 Å². The fraction of sp³-hybridized carbons (Fsp3) is 0.500. The molecule has 1 aromatic rings. The third kappa shape index (κ3) is 4.49. The van der Waals surface area contributed by atoms with Gasteiger partial charge in [0, 0.05) is 23.9 Å². The first-order valence-corrected chi connectivity index (χ1v) is 6.91. The average molecular weight is 283 g/mol. The number of carbonyl (C=O) groups excluding carboxylic acids is 1. The molecule has 1 amide bonds. The number of halogens is 1. The van der Waals surface area contributed by atoms with Crippen molar-refractivity contribution in [1.82, 2.24) is 5.32 Å². The van der Waals surface area contributed by atoms with E-state index in [9.17, 15) is 4.79 Å². The van der Waals surface area contributed by atoms with Crippen molar-refractivity contribution in [3.8, 4) is 0 Å². The Kier molecular flexibility index (Phi) is 5.19. The molecule has 0 radical (unpaired) electrons. The standard InChI is InChI=1S/C14H19ClN2O2/c1-10-4-5-11(15)7-13(10)17-14(18)9-16-8-12-3-2-6-19-12/h4-5,7,12,16H,2-3,6,8-9H2,1H3,(H,17,18)/t12-/m1/s1. The minimum atomic E-state index is -0.0663. The van der Waals surface area contributed by atoms with Crippen LogP contribution in [0.4, 0.5) is 5.69 Å². The fourth-order valence-electron chi connectivity index (χ4n) is 2.08. The lowest BCUT2D eigenvalue weighted by atomic mass is 10.2. The van der Waals surface area contributed by atoms with E-state index in [0.717, 1.165) is 37.2 Å². The number of carbonyl (C=O) groups is 1. The zero-order valence-electron chi connectivity index (χ0n) is 11.0. The summed E-state index contributed by atoms with van der Waals surface area (Å²) < 4.78 is 5.48. The lowest BCUT2D eigenvalue weighted by Crippen LogP contribution is -2.33. The van der Waals surface area contributed by atoms with Gasteiger partial charge in [-0.3, -0.25) is 4.79 Å². The van der Waals surface area contributed by atoms with Gasteiger partial charge in [-0.15, -0.1) is 0 Å². The molecule has 0 unspecified atom stereocenters. The normalized spacial score (nSPS) is 18.5. The Balaban J connectivity index is 1.75. The molecule has 1 aromatic carbocycles. The monoisotopic (exact) mass is 282 g/mol. The summed E-state index contributed by atoms with van der Waals surface area (Å²) in [5.74, 6) is -0.0663. The van der Waals surface area contributed by atoms with Gasteiger partial charge in [-0.05, 0) is 37.5 Å². The Labute approximate surface area is 118 Å². The van der Waals surface area contributed by atoms with Crippen LogP contribution in [0.5, 0.6) is 0 Å². The van der Waals surface area contributed by atoms with E-state index < -0.39 is 0 Å². The summed E-state index contributed by atoms with van der Waals surface area (Å²) in [5.41, 5.74) is 1.76. The molecule has 0 aromatic heterocycles. The van der Waals surface area contributed by atoms with Crippen molar-refractivity contribution in [1.29, 1.82) is 0 Å². The lowest BCUT2D eigenvalue weighted by Gasteiger charge is -2.12. The number of hydrogen-bond acceptors (Lipinski definition) is 3. The highest BCUT2D eigenvalue weighted by atomic mass is 35.5. The number of amides is 1. The van der Waals surface area contributed by atoms with Crippen molar-refractivity contribution in [3.63, 3.8) is 0 Å². The van der Waals surface area contributed by atoms with Gasteiger partial charge in [-0.2, -0.15) is 0 Å². The Morgan fingerprint density at radius 3 is 3.11 bits per heavy atom. The third-order valence-corrected chi connectivity index (χ3v) is 3.39. The first-order chi connectivity index (χ1) is 9.15. The molecule has 2 rings (SSSR count). The van der Waals surface area contributed by atoms with Crippen molar-refractivity contribution in [2.75, 3.05) is 25.0 Å². The second kappa shape index (κ2) is 6.89. The van der Waals surface area contributed by atoms with E-state index in [0.29, 0.717) is 5.02 Å². The van der Waals surface area contributed by atoms with Crippen LogP contribution in [0.2, 0.25) is 5.02 Å². The topological polar surface area (TPSA) is 50.4 Å². The number of benzene rings is 1. The van der Waals surface area contributed by atoms with E-state index >= 15 is 0 Å². The van der Waals surface area contributed by atoms with Gasteiger partial charge in [-0.1, -0.05) is 17.7 Å². The van der Waals surface area contributed by atoms with Gasteiger partial charge in [0.1, 0.15) is 0 Å². The van der Waals surface area contributed by atoms with Gasteiger partial charge >= 0.3 is 0 Å². The molecule has 0 aliphatic carbocycles. The lowest BCUT2D eigenvalue weighted by molar-refractivity contribution is -0.115. The van der Waals surface area contributed by atoms with E-state index in [2.05, 4.69) is 10.6 Å². The molecular weight excluding hydrogens is 264 g/mol. The van der Waals surface area contributed by atoms with Crippen LogP contribution in [0.15, 0.2) is 18.2 Å². The number of nitrogens with one attached hydrogen (secondary N) is 2.